The third-order valence-electron chi connectivity index (χ3n) is 5.86. The molecule has 1 heterocycles. The zero-order chi connectivity index (χ0) is 26.3. The van der Waals surface area contributed by atoms with Crippen LogP contribution in [0, 0.1) is 0 Å². The standard InChI is InChI=1S/C30H24ClN3O4/c1-36-27-16-20(15-25(31)30(27)38-18-23-10-4-8-21-7-2-3-12-24(21)23)17-33-34-28(35)19-37-26-13-5-9-22-11-6-14-32-29(22)26/h2-17H,18-19H2,1H3,(H,34,35)/b33-17-. The number of ether oxygens (including phenoxy) is 3. The van der Waals surface area contributed by atoms with Gasteiger partial charge in [0.1, 0.15) is 17.9 Å². The Hall–Kier alpha value is -4.62. The Morgan fingerprint density at radius 2 is 1.74 bits per heavy atom. The molecule has 5 aromatic rings. The molecule has 0 atom stereocenters. The first-order valence-corrected chi connectivity index (χ1v) is 12.3. The van der Waals surface area contributed by atoms with Crippen molar-refractivity contribution >= 4 is 45.4 Å². The van der Waals surface area contributed by atoms with Gasteiger partial charge in [-0.3, -0.25) is 9.78 Å². The van der Waals surface area contributed by atoms with E-state index in [1.807, 2.05) is 48.5 Å². The smallest absolute Gasteiger partial charge is 0.277 e. The first kappa shape index (κ1) is 25.0. The third kappa shape index (κ3) is 5.68. The summed E-state index contributed by atoms with van der Waals surface area (Å²) < 4.78 is 17.2. The number of para-hydroxylation sites is 1. The van der Waals surface area contributed by atoms with E-state index in [0.717, 1.165) is 21.7 Å². The summed E-state index contributed by atoms with van der Waals surface area (Å²) in [6.07, 6.45) is 3.15. The molecule has 7 nitrogen and oxygen atoms in total. The number of fused-ring (bicyclic) bond motifs is 2. The number of aromatic nitrogens is 1. The first-order chi connectivity index (χ1) is 18.6. The average molecular weight is 526 g/mol. The van der Waals surface area contributed by atoms with Crippen molar-refractivity contribution in [2.24, 2.45) is 5.10 Å². The van der Waals surface area contributed by atoms with E-state index < -0.39 is 5.91 Å². The van der Waals surface area contributed by atoms with Crippen molar-refractivity contribution in [1.29, 1.82) is 0 Å². The maximum absolute atomic E-state index is 12.3. The molecule has 0 saturated carbocycles. The average Bonchev–Trinajstić information content (AvgIpc) is 2.95. The summed E-state index contributed by atoms with van der Waals surface area (Å²) in [5, 5.41) is 7.56. The Balaban J connectivity index is 1.21. The number of rotatable bonds is 9. The highest BCUT2D eigenvalue weighted by molar-refractivity contribution is 6.32. The van der Waals surface area contributed by atoms with Crippen molar-refractivity contribution in [1.82, 2.24) is 10.4 Å². The number of hydrogen-bond donors (Lipinski definition) is 1. The van der Waals surface area contributed by atoms with E-state index in [4.69, 9.17) is 25.8 Å². The monoisotopic (exact) mass is 525 g/mol. The normalized spacial score (nSPS) is 11.1. The van der Waals surface area contributed by atoms with Crippen LogP contribution in [0.4, 0.5) is 0 Å². The van der Waals surface area contributed by atoms with Gasteiger partial charge in [-0.05, 0) is 46.2 Å². The van der Waals surface area contributed by atoms with Gasteiger partial charge in [0.05, 0.1) is 18.3 Å². The highest BCUT2D eigenvalue weighted by Gasteiger charge is 2.13. The number of nitrogens with zero attached hydrogens (tertiary/aromatic N) is 2. The topological polar surface area (TPSA) is 82.0 Å². The van der Waals surface area contributed by atoms with E-state index in [2.05, 4.69) is 33.7 Å². The van der Waals surface area contributed by atoms with Gasteiger partial charge >= 0.3 is 0 Å². The fraction of sp³-hybridized carbons (Fsp3) is 0.100. The minimum absolute atomic E-state index is 0.210. The van der Waals surface area contributed by atoms with Crippen LogP contribution in [0.1, 0.15) is 11.1 Å². The molecule has 0 fully saturated rings. The Morgan fingerprint density at radius 1 is 0.947 bits per heavy atom. The predicted octanol–water partition coefficient (Wildman–Crippen LogP) is 6.16. The van der Waals surface area contributed by atoms with Crippen LogP contribution in [-0.2, 0) is 11.4 Å². The Morgan fingerprint density at radius 3 is 2.63 bits per heavy atom. The van der Waals surface area contributed by atoms with Crippen molar-refractivity contribution in [3.05, 3.63) is 107 Å². The van der Waals surface area contributed by atoms with Crippen LogP contribution in [0.15, 0.2) is 96.2 Å². The summed E-state index contributed by atoms with van der Waals surface area (Å²) in [5.74, 6) is 0.998. The Bertz CT molecular complexity index is 1630. The summed E-state index contributed by atoms with van der Waals surface area (Å²) in [6, 6.07) is 27.0. The number of carbonyl (C=O) groups is 1. The molecule has 0 aliphatic carbocycles. The van der Waals surface area contributed by atoms with Crippen LogP contribution < -0.4 is 19.6 Å². The lowest BCUT2D eigenvalue weighted by Gasteiger charge is -2.14. The molecule has 38 heavy (non-hydrogen) atoms. The van der Waals surface area contributed by atoms with E-state index >= 15 is 0 Å². The molecule has 1 aromatic heterocycles. The molecule has 0 saturated heterocycles. The zero-order valence-electron chi connectivity index (χ0n) is 20.6. The second-order valence-electron chi connectivity index (χ2n) is 8.37. The maximum Gasteiger partial charge on any atom is 0.277 e. The summed E-state index contributed by atoms with van der Waals surface area (Å²) in [5.41, 5.74) is 4.81. The van der Waals surface area contributed by atoms with Crippen LogP contribution in [0.5, 0.6) is 17.2 Å². The van der Waals surface area contributed by atoms with Crippen molar-refractivity contribution in [3.8, 4) is 17.2 Å². The number of nitrogens with one attached hydrogen (secondary N) is 1. The third-order valence-corrected chi connectivity index (χ3v) is 6.14. The van der Waals surface area contributed by atoms with Gasteiger partial charge in [0.15, 0.2) is 18.1 Å². The molecule has 8 heteroatoms. The Labute approximate surface area is 224 Å². The van der Waals surface area contributed by atoms with Crippen molar-refractivity contribution in [3.63, 3.8) is 0 Å². The van der Waals surface area contributed by atoms with Gasteiger partial charge in [0.25, 0.3) is 5.91 Å². The highest BCUT2D eigenvalue weighted by atomic mass is 35.5. The second kappa shape index (κ2) is 11.6. The summed E-state index contributed by atoms with van der Waals surface area (Å²) in [6.45, 7) is 0.116. The summed E-state index contributed by atoms with van der Waals surface area (Å²) >= 11 is 6.52. The van der Waals surface area contributed by atoms with Gasteiger partial charge in [0, 0.05) is 11.6 Å². The molecular formula is C30H24ClN3O4. The number of pyridine rings is 1. The van der Waals surface area contributed by atoms with Gasteiger partial charge < -0.3 is 14.2 Å². The van der Waals surface area contributed by atoms with E-state index in [1.54, 1.807) is 31.5 Å². The lowest BCUT2D eigenvalue weighted by atomic mass is 10.1. The lowest BCUT2D eigenvalue weighted by Crippen LogP contribution is -2.24. The number of amides is 1. The minimum Gasteiger partial charge on any atom is -0.493 e. The molecular weight excluding hydrogens is 502 g/mol. The van der Waals surface area contributed by atoms with Gasteiger partial charge in [-0.15, -0.1) is 0 Å². The quantitative estimate of drug-likeness (QED) is 0.184. The van der Waals surface area contributed by atoms with Crippen molar-refractivity contribution < 1.29 is 19.0 Å². The van der Waals surface area contributed by atoms with Crippen molar-refractivity contribution in [2.75, 3.05) is 13.7 Å². The SMILES string of the molecule is COc1cc(/C=N\NC(=O)COc2cccc3cccnc23)cc(Cl)c1OCc1cccc2ccccc12. The largest absolute Gasteiger partial charge is 0.493 e. The molecule has 0 unspecified atom stereocenters. The zero-order valence-corrected chi connectivity index (χ0v) is 21.3. The fourth-order valence-electron chi connectivity index (χ4n) is 4.07. The molecule has 0 bridgehead atoms. The van der Waals surface area contributed by atoms with Gasteiger partial charge in [-0.25, -0.2) is 5.43 Å². The molecule has 4 aromatic carbocycles. The first-order valence-electron chi connectivity index (χ1n) is 11.9. The summed E-state index contributed by atoms with van der Waals surface area (Å²) in [4.78, 5) is 16.6. The van der Waals surface area contributed by atoms with Crippen LogP contribution in [0.25, 0.3) is 21.7 Å². The van der Waals surface area contributed by atoms with Crippen LogP contribution in [-0.4, -0.2) is 30.8 Å². The van der Waals surface area contributed by atoms with Gasteiger partial charge in [-0.2, -0.15) is 5.10 Å². The van der Waals surface area contributed by atoms with Gasteiger partial charge in [0.2, 0.25) is 0 Å². The molecule has 0 radical (unpaired) electrons. The second-order valence-corrected chi connectivity index (χ2v) is 8.78. The van der Waals surface area contributed by atoms with Gasteiger partial charge in [-0.1, -0.05) is 72.3 Å². The molecule has 190 valence electrons. The van der Waals surface area contributed by atoms with Crippen LogP contribution >= 0.6 is 11.6 Å². The number of benzene rings is 4. The molecule has 0 aliphatic rings. The molecule has 0 spiro atoms. The number of methoxy groups -OCH3 is 1. The molecule has 1 amide bonds. The molecule has 0 aliphatic heterocycles. The maximum atomic E-state index is 12.3. The molecule has 5 rings (SSSR count). The highest BCUT2D eigenvalue weighted by Crippen LogP contribution is 2.37. The lowest BCUT2D eigenvalue weighted by molar-refractivity contribution is -0.123. The van der Waals surface area contributed by atoms with E-state index in [0.29, 0.717) is 40.0 Å². The van der Waals surface area contributed by atoms with Crippen molar-refractivity contribution in [2.45, 2.75) is 6.61 Å². The number of halogens is 1. The van der Waals surface area contributed by atoms with E-state index in [-0.39, 0.29) is 6.61 Å². The number of carbonyl (C=O) groups excluding carboxylic acids is 1. The summed E-state index contributed by atoms with van der Waals surface area (Å²) in [7, 11) is 1.54. The predicted molar refractivity (Wildman–Crippen MR) is 149 cm³/mol. The van der Waals surface area contributed by atoms with E-state index in [1.165, 1.54) is 6.21 Å². The number of hydrazone groups is 1. The Kier molecular flexibility index (Phi) is 7.66. The van der Waals surface area contributed by atoms with E-state index in [9.17, 15) is 4.79 Å². The van der Waals surface area contributed by atoms with Crippen LogP contribution in [0.2, 0.25) is 5.02 Å². The van der Waals surface area contributed by atoms with Crippen LogP contribution in [0.3, 0.4) is 0 Å². The minimum atomic E-state index is -0.415. The fourth-order valence-corrected chi connectivity index (χ4v) is 4.34. The molecule has 1 N–H and O–H groups in total. The number of hydrogen-bond acceptors (Lipinski definition) is 6.